The Morgan fingerprint density at radius 1 is 1.36 bits per heavy atom. The molecule has 7 heteroatoms. The minimum atomic E-state index is -0.625. The van der Waals surface area contributed by atoms with Gasteiger partial charge < -0.3 is 10.1 Å². The minimum Gasteiger partial charge on any atom is -0.465 e. The third kappa shape index (κ3) is 5.74. The van der Waals surface area contributed by atoms with Gasteiger partial charge in [-0.3, -0.25) is 9.69 Å². The summed E-state index contributed by atoms with van der Waals surface area (Å²) in [6.45, 7) is 5.87. The Bertz CT molecular complexity index is 578. The molecule has 1 heterocycles. The van der Waals surface area contributed by atoms with Gasteiger partial charge >= 0.3 is 5.97 Å². The quantitative estimate of drug-likeness (QED) is 0.245. The zero-order valence-electron chi connectivity index (χ0n) is 14.9. The lowest BCUT2D eigenvalue weighted by atomic mass is 9.87. The van der Waals surface area contributed by atoms with Crippen molar-refractivity contribution in [2.45, 2.75) is 38.3 Å². The van der Waals surface area contributed by atoms with E-state index in [1.165, 1.54) is 5.56 Å². The second-order valence-electron chi connectivity index (χ2n) is 6.30. The fourth-order valence-electron chi connectivity index (χ4n) is 3.18. The smallest absolute Gasteiger partial charge is 0.326 e. The molecule has 0 bridgehead atoms. The van der Waals surface area contributed by atoms with Crippen LogP contribution in [0.15, 0.2) is 35.4 Å². The largest absolute Gasteiger partial charge is 0.465 e. The highest BCUT2D eigenvalue weighted by Crippen LogP contribution is 2.25. The number of piperidine rings is 1. The normalized spacial score (nSPS) is 16.8. The molecular weight excluding hydrogens is 318 g/mol. The number of hydrogen-bond donors (Lipinski definition) is 1. The molecule has 7 nitrogen and oxygen atoms in total. The van der Waals surface area contributed by atoms with Gasteiger partial charge in [-0.05, 0) is 43.8 Å². The number of esters is 1. The first-order valence-corrected chi connectivity index (χ1v) is 8.89. The average molecular weight is 345 g/mol. The Labute approximate surface area is 149 Å². The molecular formula is C18H27N5O2. The van der Waals surface area contributed by atoms with Gasteiger partial charge in [0.1, 0.15) is 5.54 Å². The van der Waals surface area contributed by atoms with Gasteiger partial charge in [0.2, 0.25) is 0 Å². The molecule has 1 aliphatic rings. The van der Waals surface area contributed by atoms with Crippen LogP contribution in [0.5, 0.6) is 0 Å². The summed E-state index contributed by atoms with van der Waals surface area (Å²) in [4.78, 5) is 17.6. The van der Waals surface area contributed by atoms with Crippen LogP contribution >= 0.6 is 0 Å². The van der Waals surface area contributed by atoms with Crippen LogP contribution in [0.4, 0.5) is 0 Å². The first kappa shape index (κ1) is 19.2. The monoisotopic (exact) mass is 345 g/mol. The topological polar surface area (TPSA) is 90.3 Å². The molecule has 0 saturated carbocycles. The highest BCUT2D eigenvalue weighted by atomic mass is 16.5. The maximum absolute atomic E-state index is 12.5. The van der Waals surface area contributed by atoms with Crippen LogP contribution in [-0.2, 0) is 16.1 Å². The lowest BCUT2D eigenvalue weighted by molar-refractivity contribution is -0.153. The number of nitrogens with one attached hydrogen (secondary N) is 1. The van der Waals surface area contributed by atoms with Gasteiger partial charge in [0, 0.05) is 31.1 Å². The zero-order chi connectivity index (χ0) is 18.0. The number of benzene rings is 1. The molecule has 1 aromatic carbocycles. The molecule has 1 aromatic rings. The van der Waals surface area contributed by atoms with E-state index in [4.69, 9.17) is 10.3 Å². The van der Waals surface area contributed by atoms with Crippen molar-refractivity contribution in [2.75, 3.05) is 32.8 Å². The van der Waals surface area contributed by atoms with Crippen molar-refractivity contribution in [3.05, 3.63) is 46.3 Å². The lowest BCUT2D eigenvalue weighted by Crippen LogP contribution is -2.59. The maximum Gasteiger partial charge on any atom is 0.326 e. The summed E-state index contributed by atoms with van der Waals surface area (Å²) in [7, 11) is 0. The van der Waals surface area contributed by atoms with Gasteiger partial charge in [-0.15, -0.1) is 0 Å². The molecule has 0 unspecified atom stereocenters. The van der Waals surface area contributed by atoms with Crippen molar-refractivity contribution in [3.8, 4) is 0 Å². The first-order chi connectivity index (χ1) is 12.2. The van der Waals surface area contributed by atoms with Crippen molar-refractivity contribution in [2.24, 2.45) is 5.11 Å². The standard InChI is InChI=1S/C18H27N5O2/c1-2-25-17(24)18(20-11-6-12-21-22-19)9-13-23(14-10-18)15-16-7-4-3-5-8-16/h3-5,7-8,20H,2,6,9-15H2,1H3. The van der Waals surface area contributed by atoms with E-state index in [-0.39, 0.29) is 5.97 Å². The summed E-state index contributed by atoms with van der Waals surface area (Å²) < 4.78 is 5.31. The Balaban J connectivity index is 1.91. The van der Waals surface area contributed by atoms with E-state index in [1.54, 1.807) is 0 Å². The van der Waals surface area contributed by atoms with Crippen molar-refractivity contribution in [1.82, 2.24) is 10.2 Å². The molecule has 1 aliphatic heterocycles. The third-order valence-corrected chi connectivity index (χ3v) is 4.59. The van der Waals surface area contributed by atoms with Gasteiger partial charge in [-0.25, -0.2) is 0 Å². The predicted octanol–water partition coefficient (Wildman–Crippen LogP) is 2.87. The summed E-state index contributed by atoms with van der Waals surface area (Å²) in [6.07, 6.45) is 2.15. The molecule has 0 radical (unpaired) electrons. The van der Waals surface area contributed by atoms with Crippen LogP contribution in [-0.4, -0.2) is 49.2 Å². The van der Waals surface area contributed by atoms with Crippen molar-refractivity contribution in [3.63, 3.8) is 0 Å². The molecule has 0 aliphatic carbocycles. The summed E-state index contributed by atoms with van der Waals surface area (Å²) in [6, 6.07) is 10.4. The number of carbonyl (C=O) groups is 1. The SMILES string of the molecule is CCOC(=O)C1(NCCCN=[N+]=[N-])CCN(Cc2ccccc2)CC1. The third-order valence-electron chi connectivity index (χ3n) is 4.59. The van der Waals surface area contributed by atoms with Crippen molar-refractivity contribution >= 4 is 5.97 Å². The van der Waals surface area contributed by atoms with Crippen LogP contribution in [0.2, 0.25) is 0 Å². The summed E-state index contributed by atoms with van der Waals surface area (Å²) >= 11 is 0. The van der Waals surface area contributed by atoms with Gasteiger partial charge in [-0.2, -0.15) is 0 Å². The van der Waals surface area contributed by atoms with Gasteiger partial charge in [0.05, 0.1) is 6.61 Å². The highest BCUT2D eigenvalue weighted by molar-refractivity contribution is 5.81. The molecule has 1 fully saturated rings. The fourth-order valence-corrected chi connectivity index (χ4v) is 3.18. The first-order valence-electron chi connectivity index (χ1n) is 8.89. The molecule has 2 rings (SSSR count). The molecule has 136 valence electrons. The van der Waals surface area contributed by atoms with Crippen molar-refractivity contribution < 1.29 is 9.53 Å². The minimum absolute atomic E-state index is 0.168. The molecule has 0 amide bonds. The van der Waals surface area contributed by atoms with E-state index in [2.05, 4.69) is 32.4 Å². The Kier molecular flexibility index (Phi) is 7.73. The molecule has 1 saturated heterocycles. The van der Waals surface area contributed by atoms with Gasteiger partial charge in [-0.1, -0.05) is 35.4 Å². The zero-order valence-corrected chi connectivity index (χ0v) is 14.9. The van der Waals surface area contributed by atoms with E-state index in [0.29, 0.717) is 26.1 Å². The molecule has 0 atom stereocenters. The van der Waals surface area contributed by atoms with E-state index >= 15 is 0 Å². The number of ether oxygens (including phenoxy) is 1. The highest BCUT2D eigenvalue weighted by Gasteiger charge is 2.42. The Morgan fingerprint density at radius 3 is 2.72 bits per heavy atom. The van der Waals surface area contributed by atoms with Crippen molar-refractivity contribution in [1.29, 1.82) is 0 Å². The lowest BCUT2D eigenvalue weighted by Gasteiger charge is -2.40. The van der Waals surface area contributed by atoms with Gasteiger partial charge in [0.15, 0.2) is 0 Å². The molecule has 0 aromatic heterocycles. The second kappa shape index (κ2) is 10.0. The number of nitrogens with zero attached hydrogens (tertiary/aromatic N) is 4. The van der Waals surface area contributed by atoms with Crippen LogP contribution in [0.25, 0.3) is 10.4 Å². The number of likely N-dealkylation sites (tertiary alicyclic amines) is 1. The van der Waals surface area contributed by atoms with Crippen LogP contribution in [0, 0.1) is 0 Å². The molecule has 1 N–H and O–H groups in total. The van der Waals surface area contributed by atoms with Gasteiger partial charge in [0.25, 0.3) is 0 Å². The average Bonchev–Trinajstić information content (AvgIpc) is 2.64. The molecule has 0 spiro atoms. The van der Waals surface area contributed by atoms with E-state index in [1.807, 2.05) is 25.1 Å². The maximum atomic E-state index is 12.5. The number of hydrogen-bond acceptors (Lipinski definition) is 5. The number of carbonyl (C=O) groups excluding carboxylic acids is 1. The van der Waals surface area contributed by atoms with Crippen LogP contribution in [0.1, 0.15) is 31.7 Å². The van der Waals surface area contributed by atoms with E-state index in [9.17, 15) is 4.79 Å². The summed E-state index contributed by atoms with van der Waals surface area (Å²) in [5, 5.41) is 6.91. The van der Waals surface area contributed by atoms with Crippen LogP contribution in [0.3, 0.4) is 0 Å². The fraction of sp³-hybridized carbons (Fsp3) is 0.611. The second-order valence-corrected chi connectivity index (χ2v) is 6.30. The Hall–Kier alpha value is -2.08. The molecule has 25 heavy (non-hydrogen) atoms. The van der Waals surface area contributed by atoms with E-state index < -0.39 is 5.54 Å². The number of rotatable bonds is 9. The van der Waals surface area contributed by atoms with Crippen LogP contribution < -0.4 is 5.32 Å². The predicted molar refractivity (Wildman–Crippen MR) is 96.9 cm³/mol. The summed E-state index contributed by atoms with van der Waals surface area (Å²) in [5.41, 5.74) is 8.99. The summed E-state index contributed by atoms with van der Waals surface area (Å²) in [5.74, 6) is -0.168. The number of azide groups is 1. The Morgan fingerprint density at radius 2 is 2.08 bits per heavy atom. The van der Waals surface area contributed by atoms with E-state index in [0.717, 1.165) is 32.5 Å².